The van der Waals surface area contributed by atoms with Crippen molar-refractivity contribution >= 4 is 17.4 Å². The lowest BCUT2D eigenvalue weighted by atomic mass is 10.2. The van der Waals surface area contributed by atoms with Crippen LogP contribution in [0.2, 0.25) is 5.02 Å². The van der Waals surface area contributed by atoms with Gasteiger partial charge < -0.3 is 4.90 Å². The van der Waals surface area contributed by atoms with Crippen molar-refractivity contribution in [1.29, 1.82) is 0 Å². The highest BCUT2D eigenvalue weighted by molar-refractivity contribution is 6.30. The predicted octanol–water partition coefficient (Wildman–Crippen LogP) is 4.15. The van der Waals surface area contributed by atoms with Crippen LogP contribution in [0.5, 0.6) is 0 Å². The topological polar surface area (TPSA) is 16.1 Å². The maximum Gasteiger partial charge on any atom is 0.129 e. The van der Waals surface area contributed by atoms with E-state index < -0.39 is 0 Å². The highest BCUT2D eigenvalue weighted by Gasteiger charge is 2.12. The lowest BCUT2D eigenvalue weighted by Crippen LogP contribution is -2.30. The molecule has 2 aromatic rings. The number of hydrogen-bond acceptors (Lipinski definition) is 2. The summed E-state index contributed by atoms with van der Waals surface area (Å²) in [6.07, 6.45) is 1.69. The summed E-state index contributed by atoms with van der Waals surface area (Å²) < 4.78 is 0. The van der Waals surface area contributed by atoms with E-state index in [1.54, 1.807) is 6.20 Å². The predicted molar refractivity (Wildman–Crippen MR) is 77.0 cm³/mol. The summed E-state index contributed by atoms with van der Waals surface area (Å²) in [5.41, 5.74) is 1.28. The second-order valence-electron chi connectivity index (χ2n) is 4.54. The van der Waals surface area contributed by atoms with Gasteiger partial charge in [-0.1, -0.05) is 41.9 Å². The minimum absolute atomic E-state index is 0.388. The van der Waals surface area contributed by atoms with E-state index >= 15 is 0 Å². The first-order valence-corrected chi connectivity index (χ1v) is 6.47. The molecule has 0 unspecified atom stereocenters. The van der Waals surface area contributed by atoms with Crippen molar-refractivity contribution in [3.63, 3.8) is 0 Å². The fraction of sp³-hybridized carbons (Fsp3) is 0.267. The summed E-state index contributed by atoms with van der Waals surface area (Å²) >= 11 is 5.88. The van der Waals surface area contributed by atoms with Gasteiger partial charge in [0, 0.05) is 18.8 Å². The van der Waals surface area contributed by atoms with E-state index in [1.807, 2.05) is 18.2 Å². The van der Waals surface area contributed by atoms with Crippen LogP contribution in [0.1, 0.15) is 19.4 Å². The highest BCUT2D eigenvalue weighted by Crippen LogP contribution is 2.19. The standard InChI is InChI=1S/C15H17ClN2/c1-12(2)18(11-13-6-4-3-5-7-13)15-9-8-14(16)10-17-15/h3-10,12H,11H2,1-2H3. The summed E-state index contributed by atoms with van der Waals surface area (Å²) in [7, 11) is 0. The summed E-state index contributed by atoms with van der Waals surface area (Å²) in [6, 6.07) is 14.6. The molecule has 0 amide bonds. The number of halogens is 1. The Labute approximate surface area is 113 Å². The van der Waals surface area contributed by atoms with Gasteiger partial charge in [0.2, 0.25) is 0 Å². The molecule has 0 saturated carbocycles. The van der Waals surface area contributed by atoms with E-state index in [0.29, 0.717) is 11.1 Å². The molecule has 0 aliphatic rings. The Kier molecular flexibility index (Phi) is 4.21. The second-order valence-corrected chi connectivity index (χ2v) is 4.98. The number of benzene rings is 1. The molecule has 0 fully saturated rings. The molecule has 0 aliphatic heterocycles. The molecule has 0 N–H and O–H groups in total. The smallest absolute Gasteiger partial charge is 0.129 e. The molecule has 1 aromatic heterocycles. The zero-order valence-electron chi connectivity index (χ0n) is 10.7. The van der Waals surface area contributed by atoms with Gasteiger partial charge in [-0.15, -0.1) is 0 Å². The molecule has 2 rings (SSSR count). The van der Waals surface area contributed by atoms with Crippen LogP contribution in [0.25, 0.3) is 0 Å². The van der Waals surface area contributed by atoms with Crippen LogP contribution in [0.4, 0.5) is 5.82 Å². The van der Waals surface area contributed by atoms with Crippen molar-refractivity contribution in [2.45, 2.75) is 26.4 Å². The zero-order chi connectivity index (χ0) is 13.0. The summed E-state index contributed by atoms with van der Waals surface area (Å²) in [5, 5.41) is 0.669. The highest BCUT2D eigenvalue weighted by atomic mass is 35.5. The van der Waals surface area contributed by atoms with Gasteiger partial charge in [-0.05, 0) is 31.5 Å². The minimum atomic E-state index is 0.388. The van der Waals surface area contributed by atoms with Crippen molar-refractivity contribution < 1.29 is 0 Å². The van der Waals surface area contributed by atoms with Gasteiger partial charge in [-0.25, -0.2) is 4.98 Å². The molecule has 0 atom stereocenters. The first-order chi connectivity index (χ1) is 8.66. The largest absolute Gasteiger partial charge is 0.350 e. The summed E-state index contributed by atoms with van der Waals surface area (Å²) in [6.45, 7) is 5.19. The monoisotopic (exact) mass is 260 g/mol. The van der Waals surface area contributed by atoms with Gasteiger partial charge in [-0.3, -0.25) is 0 Å². The second kappa shape index (κ2) is 5.87. The maximum atomic E-state index is 5.88. The van der Waals surface area contributed by atoms with Gasteiger partial charge in [0.15, 0.2) is 0 Å². The summed E-state index contributed by atoms with van der Waals surface area (Å²) in [4.78, 5) is 6.65. The lowest BCUT2D eigenvalue weighted by Gasteiger charge is -2.28. The van der Waals surface area contributed by atoms with Gasteiger partial charge in [-0.2, -0.15) is 0 Å². The molecule has 0 aliphatic carbocycles. The Morgan fingerprint density at radius 3 is 2.39 bits per heavy atom. The molecule has 0 bridgehead atoms. The van der Waals surface area contributed by atoms with E-state index in [0.717, 1.165) is 12.4 Å². The third-order valence-electron chi connectivity index (χ3n) is 2.83. The van der Waals surface area contributed by atoms with Crippen molar-refractivity contribution in [1.82, 2.24) is 4.98 Å². The van der Waals surface area contributed by atoms with Gasteiger partial charge >= 0.3 is 0 Å². The lowest BCUT2D eigenvalue weighted by molar-refractivity contribution is 0.672. The van der Waals surface area contributed by atoms with Crippen LogP contribution in [-0.4, -0.2) is 11.0 Å². The molecule has 3 heteroatoms. The minimum Gasteiger partial charge on any atom is -0.350 e. The first-order valence-electron chi connectivity index (χ1n) is 6.09. The van der Waals surface area contributed by atoms with E-state index in [-0.39, 0.29) is 0 Å². The molecule has 1 heterocycles. The number of aromatic nitrogens is 1. The molecular weight excluding hydrogens is 244 g/mol. The Morgan fingerprint density at radius 1 is 1.11 bits per heavy atom. The van der Waals surface area contributed by atoms with Crippen molar-refractivity contribution in [3.8, 4) is 0 Å². The van der Waals surface area contributed by atoms with Gasteiger partial charge in [0.05, 0.1) is 5.02 Å². The van der Waals surface area contributed by atoms with E-state index in [4.69, 9.17) is 11.6 Å². The summed E-state index contributed by atoms with van der Waals surface area (Å²) in [5.74, 6) is 0.957. The molecule has 2 nitrogen and oxygen atoms in total. The Morgan fingerprint density at radius 2 is 1.83 bits per heavy atom. The van der Waals surface area contributed by atoms with Crippen LogP contribution in [0.3, 0.4) is 0 Å². The average molecular weight is 261 g/mol. The van der Waals surface area contributed by atoms with Crippen molar-refractivity contribution in [2.75, 3.05) is 4.90 Å². The number of hydrogen-bond donors (Lipinski definition) is 0. The zero-order valence-corrected chi connectivity index (χ0v) is 11.4. The number of anilines is 1. The van der Waals surface area contributed by atoms with E-state index in [9.17, 15) is 0 Å². The van der Waals surface area contributed by atoms with Crippen molar-refractivity contribution in [2.24, 2.45) is 0 Å². The fourth-order valence-corrected chi connectivity index (χ4v) is 1.96. The van der Waals surface area contributed by atoms with Crippen LogP contribution in [-0.2, 0) is 6.54 Å². The SMILES string of the molecule is CC(C)N(Cc1ccccc1)c1ccc(Cl)cn1. The van der Waals surface area contributed by atoms with Crippen molar-refractivity contribution in [3.05, 3.63) is 59.2 Å². The average Bonchev–Trinajstić information content (AvgIpc) is 2.38. The number of rotatable bonds is 4. The molecule has 0 spiro atoms. The normalized spacial score (nSPS) is 10.7. The van der Waals surface area contributed by atoms with Crippen LogP contribution in [0.15, 0.2) is 48.7 Å². The van der Waals surface area contributed by atoms with E-state index in [2.05, 4.69) is 48.0 Å². The molecule has 94 valence electrons. The molecule has 1 aromatic carbocycles. The fourth-order valence-electron chi connectivity index (χ4n) is 1.85. The number of nitrogens with zero attached hydrogens (tertiary/aromatic N) is 2. The van der Waals surface area contributed by atoms with Crippen LogP contribution >= 0.6 is 11.6 Å². The van der Waals surface area contributed by atoms with E-state index in [1.165, 1.54) is 5.56 Å². The number of pyridine rings is 1. The molecule has 0 radical (unpaired) electrons. The Hall–Kier alpha value is -1.54. The van der Waals surface area contributed by atoms with Gasteiger partial charge in [0.25, 0.3) is 0 Å². The molecular formula is C15H17ClN2. The quantitative estimate of drug-likeness (QED) is 0.821. The van der Waals surface area contributed by atoms with Crippen LogP contribution in [0, 0.1) is 0 Å². The Balaban J connectivity index is 2.21. The maximum absolute atomic E-state index is 5.88. The Bertz CT molecular complexity index is 480. The molecule has 0 saturated heterocycles. The third kappa shape index (κ3) is 3.23. The van der Waals surface area contributed by atoms with Gasteiger partial charge in [0.1, 0.15) is 5.82 Å². The third-order valence-corrected chi connectivity index (χ3v) is 3.05. The first kappa shape index (κ1) is 12.9. The van der Waals surface area contributed by atoms with Crippen LogP contribution < -0.4 is 4.90 Å². The molecule has 18 heavy (non-hydrogen) atoms.